The first-order chi connectivity index (χ1) is 13.9. The Morgan fingerprint density at radius 2 is 1.79 bits per heavy atom. The minimum absolute atomic E-state index is 0.0740. The molecule has 0 radical (unpaired) electrons. The van der Waals surface area contributed by atoms with Crippen molar-refractivity contribution in [3.8, 4) is 11.3 Å². The Hall–Kier alpha value is -2.63. The van der Waals surface area contributed by atoms with Crippen molar-refractivity contribution < 1.29 is 4.21 Å². The highest BCUT2D eigenvalue weighted by Gasteiger charge is 2.17. The second-order valence-electron chi connectivity index (χ2n) is 8.39. The zero-order valence-electron chi connectivity index (χ0n) is 17.3. The van der Waals surface area contributed by atoms with Crippen LogP contribution in [0, 0.1) is 0 Å². The molecule has 0 aliphatic heterocycles. The summed E-state index contributed by atoms with van der Waals surface area (Å²) in [5.74, 6) is 0. The number of nitrogens with zero attached hydrogens (tertiary/aromatic N) is 1. The van der Waals surface area contributed by atoms with E-state index >= 15 is 0 Å². The number of nitrogens with one attached hydrogen (secondary N) is 2. The van der Waals surface area contributed by atoms with Gasteiger partial charge in [0.15, 0.2) is 11.0 Å². The summed E-state index contributed by atoms with van der Waals surface area (Å²) in [4.78, 5) is 4.03. The lowest BCUT2D eigenvalue weighted by Gasteiger charge is -2.19. The Labute approximate surface area is 174 Å². The average molecular weight is 406 g/mol. The van der Waals surface area contributed by atoms with Gasteiger partial charge in [0.1, 0.15) is 0 Å². The molecule has 1 atom stereocenters. The molecule has 4 nitrogen and oxygen atoms in total. The van der Waals surface area contributed by atoms with Gasteiger partial charge in [0.2, 0.25) is 0 Å². The van der Waals surface area contributed by atoms with Crippen LogP contribution in [-0.2, 0) is 22.9 Å². The lowest BCUT2D eigenvalue weighted by atomic mass is 9.87. The summed E-state index contributed by atoms with van der Waals surface area (Å²) in [6.45, 7) is 7.28. The summed E-state index contributed by atoms with van der Waals surface area (Å²) in [7, 11) is 0.602. The molecule has 1 unspecified atom stereocenters. The number of fused-ring (bicyclic) bond motifs is 1. The van der Waals surface area contributed by atoms with Gasteiger partial charge in [0.25, 0.3) is 0 Å². The van der Waals surface area contributed by atoms with Crippen LogP contribution in [0.5, 0.6) is 0 Å². The zero-order chi connectivity index (χ0) is 20.6. The summed E-state index contributed by atoms with van der Waals surface area (Å²) in [6.07, 6.45) is 3.93. The summed E-state index contributed by atoms with van der Waals surface area (Å²) < 4.78 is 15.4. The van der Waals surface area contributed by atoms with Crippen molar-refractivity contribution in [3.63, 3.8) is 0 Å². The molecule has 150 valence electrons. The topological polar surface area (TPSA) is 49.8 Å². The highest BCUT2D eigenvalue weighted by atomic mass is 32.2. The van der Waals surface area contributed by atoms with E-state index in [0.29, 0.717) is 0 Å². The van der Waals surface area contributed by atoms with Gasteiger partial charge in [-0.2, -0.15) is 0 Å². The lowest BCUT2D eigenvalue weighted by Crippen LogP contribution is -2.11. The van der Waals surface area contributed by atoms with Crippen molar-refractivity contribution in [2.45, 2.75) is 37.6 Å². The fourth-order valence-electron chi connectivity index (χ4n) is 3.54. The molecule has 4 aromatic rings. The maximum absolute atomic E-state index is 13.5. The highest BCUT2D eigenvalue weighted by molar-refractivity contribution is 7.83. The van der Waals surface area contributed by atoms with Crippen LogP contribution < -0.4 is 5.32 Å². The summed E-state index contributed by atoms with van der Waals surface area (Å²) in [5, 5.41) is 4.33. The molecule has 2 N–H and O–H groups in total. The smallest absolute Gasteiger partial charge is 0.157 e. The van der Waals surface area contributed by atoms with Crippen LogP contribution in [0.2, 0.25) is 0 Å². The molecule has 0 saturated heterocycles. The lowest BCUT2D eigenvalue weighted by molar-refractivity contribution is 0.589. The van der Waals surface area contributed by atoms with Gasteiger partial charge in [-0.05, 0) is 65.6 Å². The minimum atomic E-state index is -1.32. The molecule has 0 saturated carbocycles. The van der Waals surface area contributed by atoms with E-state index in [0.717, 1.165) is 39.2 Å². The largest absolute Gasteiger partial charge is 0.361 e. The maximum Gasteiger partial charge on any atom is 0.157 e. The molecule has 5 heteroatoms. The van der Waals surface area contributed by atoms with Crippen molar-refractivity contribution in [1.82, 2.24) is 14.3 Å². The number of aromatic nitrogens is 2. The molecule has 0 amide bonds. The Morgan fingerprint density at radius 3 is 2.48 bits per heavy atom. The van der Waals surface area contributed by atoms with Crippen LogP contribution in [0.25, 0.3) is 22.2 Å². The van der Waals surface area contributed by atoms with E-state index in [1.807, 2.05) is 35.5 Å². The number of benzene rings is 2. The van der Waals surface area contributed by atoms with Crippen LogP contribution in [0.1, 0.15) is 31.9 Å². The van der Waals surface area contributed by atoms with E-state index < -0.39 is 11.0 Å². The van der Waals surface area contributed by atoms with E-state index in [4.69, 9.17) is 0 Å². The summed E-state index contributed by atoms with van der Waals surface area (Å²) in [5.41, 5.74) is 5.53. The first-order valence-electron chi connectivity index (χ1n) is 9.83. The highest BCUT2D eigenvalue weighted by Crippen LogP contribution is 2.29. The van der Waals surface area contributed by atoms with Crippen LogP contribution in [0.4, 0.5) is 0 Å². The first kappa shape index (κ1) is 19.7. The molecule has 4 rings (SSSR count). The number of hydrogen-bond donors (Lipinski definition) is 2. The maximum atomic E-state index is 13.5. The third-order valence-electron chi connectivity index (χ3n) is 5.17. The fraction of sp³-hybridized carbons (Fsp3) is 0.250. The third kappa shape index (κ3) is 3.93. The SMILES string of the molecule is CNCc1cc(-c2ccc3[nH]ccc3c2)n(S(=O)c2ccc(C(C)(C)C)cc2)c1. The Kier molecular flexibility index (Phi) is 5.19. The molecule has 0 aliphatic rings. The van der Waals surface area contributed by atoms with Crippen molar-refractivity contribution in [2.75, 3.05) is 7.05 Å². The minimum Gasteiger partial charge on any atom is -0.361 e. The molecule has 0 bridgehead atoms. The second kappa shape index (κ2) is 7.65. The molecule has 29 heavy (non-hydrogen) atoms. The van der Waals surface area contributed by atoms with Gasteiger partial charge in [0, 0.05) is 29.8 Å². The van der Waals surface area contributed by atoms with E-state index in [9.17, 15) is 4.21 Å². The molecular weight excluding hydrogens is 378 g/mol. The number of hydrogen-bond acceptors (Lipinski definition) is 2. The molecule has 0 fully saturated rings. The van der Waals surface area contributed by atoms with E-state index in [2.05, 4.69) is 73.5 Å². The zero-order valence-corrected chi connectivity index (χ0v) is 18.1. The quantitative estimate of drug-likeness (QED) is 0.478. The normalized spacial score (nSPS) is 13.1. The molecule has 0 spiro atoms. The predicted molar refractivity (Wildman–Crippen MR) is 121 cm³/mol. The Morgan fingerprint density at radius 1 is 1.03 bits per heavy atom. The number of rotatable bonds is 5. The molecule has 0 aliphatic carbocycles. The Bertz CT molecular complexity index is 1160. The third-order valence-corrected chi connectivity index (χ3v) is 6.51. The molecule has 2 aromatic heterocycles. The number of H-pyrrole nitrogens is 1. The van der Waals surface area contributed by atoms with Crippen LogP contribution in [0.3, 0.4) is 0 Å². The van der Waals surface area contributed by atoms with Crippen LogP contribution in [-0.4, -0.2) is 20.2 Å². The van der Waals surface area contributed by atoms with Gasteiger partial charge < -0.3 is 10.3 Å². The van der Waals surface area contributed by atoms with Gasteiger partial charge >= 0.3 is 0 Å². The monoisotopic (exact) mass is 405 g/mol. The van der Waals surface area contributed by atoms with Crippen molar-refractivity contribution in [3.05, 3.63) is 78.1 Å². The summed E-state index contributed by atoms with van der Waals surface area (Å²) in [6, 6.07) is 18.6. The first-order valence-corrected chi connectivity index (χ1v) is 10.9. The van der Waals surface area contributed by atoms with Crippen molar-refractivity contribution in [1.29, 1.82) is 0 Å². The molecule has 2 heterocycles. The molecule has 2 aromatic carbocycles. The average Bonchev–Trinajstić information content (AvgIpc) is 3.33. The van der Waals surface area contributed by atoms with E-state index in [-0.39, 0.29) is 5.41 Å². The summed E-state index contributed by atoms with van der Waals surface area (Å²) >= 11 is 0. The van der Waals surface area contributed by atoms with Gasteiger partial charge in [-0.3, -0.25) is 3.97 Å². The standard InChI is InChI=1S/C24H27N3OS/c1-24(2,3)20-6-8-21(9-7-20)29(28)27-16-17(15-25-4)13-23(27)19-5-10-22-18(14-19)11-12-26-22/h5-14,16,25-26H,15H2,1-4H3. The molecular formula is C24H27N3OS. The van der Waals surface area contributed by atoms with Gasteiger partial charge in [-0.25, -0.2) is 4.21 Å². The van der Waals surface area contributed by atoms with Crippen molar-refractivity contribution >= 4 is 21.9 Å². The van der Waals surface area contributed by atoms with Crippen LogP contribution >= 0.6 is 0 Å². The predicted octanol–water partition coefficient (Wildman–Crippen LogP) is 5.22. The van der Waals surface area contributed by atoms with Gasteiger partial charge in [-0.1, -0.05) is 39.0 Å². The fourth-order valence-corrected chi connectivity index (χ4v) is 4.71. The van der Waals surface area contributed by atoms with E-state index in [1.165, 1.54) is 5.56 Å². The van der Waals surface area contributed by atoms with Crippen LogP contribution in [0.15, 0.2) is 71.9 Å². The van der Waals surface area contributed by atoms with Crippen molar-refractivity contribution in [2.24, 2.45) is 0 Å². The van der Waals surface area contributed by atoms with Gasteiger partial charge in [-0.15, -0.1) is 0 Å². The number of aromatic amines is 1. The van der Waals surface area contributed by atoms with Gasteiger partial charge in [0.05, 0.1) is 10.6 Å². The Balaban J connectivity index is 1.76. The van der Waals surface area contributed by atoms with E-state index in [1.54, 1.807) is 0 Å². The second-order valence-corrected chi connectivity index (χ2v) is 9.76.